The molecule has 1 saturated heterocycles. The van der Waals surface area contributed by atoms with Gasteiger partial charge in [-0.1, -0.05) is 24.3 Å². The summed E-state index contributed by atoms with van der Waals surface area (Å²) >= 11 is 0. The van der Waals surface area contributed by atoms with Crippen LogP contribution in [0.4, 0.5) is 0 Å². The smallest absolute Gasteiger partial charge is 0.338 e. The molecule has 1 fully saturated rings. The summed E-state index contributed by atoms with van der Waals surface area (Å²) in [5.74, 6) is 0.989. The summed E-state index contributed by atoms with van der Waals surface area (Å²) in [6, 6.07) is 15.0. The number of ether oxygens (including phenoxy) is 4. The van der Waals surface area contributed by atoms with Crippen molar-refractivity contribution in [1.82, 2.24) is 0 Å². The molecule has 1 unspecified atom stereocenters. The molecule has 2 aromatic carbocycles. The van der Waals surface area contributed by atoms with E-state index in [1.165, 1.54) is 7.11 Å². The Morgan fingerprint density at radius 2 is 1.48 bits per heavy atom. The van der Waals surface area contributed by atoms with Gasteiger partial charge < -0.3 is 18.9 Å². The van der Waals surface area contributed by atoms with Crippen molar-refractivity contribution >= 4 is 5.97 Å². The third-order valence-electron chi connectivity index (χ3n) is 4.03. The maximum Gasteiger partial charge on any atom is 0.338 e. The van der Waals surface area contributed by atoms with Gasteiger partial charge in [-0.25, -0.2) is 4.79 Å². The van der Waals surface area contributed by atoms with Crippen molar-refractivity contribution in [1.29, 1.82) is 0 Å². The molecule has 0 saturated carbocycles. The van der Waals surface area contributed by atoms with Gasteiger partial charge in [-0.3, -0.25) is 0 Å². The van der Waals surface area contributed by atoms with Gasteiger partial charge in [0.2, 0.25) is 0 Å². The fourth-order valence-corrected chi connectivity index (χ4v) is 2.79. The first kappa shape index (κ1) is 15.4. The molecule has 0 bridgehead atoms. The molecule has 5 nitrogen and oxygen atoms in total. The van der Waals surface area contributed by atoms with Crippen molar-refractivity contribution < 1.29 is 23.7 Å². The van der Waals surface area contributed by atoms with Crippen molar-refractivity contribution in [2.75, 3.05) is 21.3 Å². The van der Waals surface area contributed by atoms with E-state index in [2.05, 4.69) is 0 Å². The average molecular weight is 314 g/mol. The number of epoxide rings is 1. The van der Waals surface area contributed by atoms with E-state index in [4.69, 9.17) is 18.9 Å². The van der Waals surface area contributed by atoms with Crippen LogP contribution in [0, 0.1) is 0 Å². The van der Waals surface area contributed by atoms with Crippen LogP contribution < -0.4 is 9.47 Å². The van der Waals surface area contributed by atoms with E-state index in [0.29, 0.717) is 11.5 Å². The first-order valence-corrected chi connectivity index (χ1v) is 7.20. The molecule has 2 aromatic rings. The summed E-state index contributed by atoms with van der Waals surface area (Å²) in [6.07, 6.45) is -0.688. The molecule has 0 aromatic heterocycles. The van der Waals surface area contributed by atoms with Gasteiger partial charge in [-0.05, 0) is 35.4 Å². The molecule has 0 radical (unpaired) electrons. The SMILES string of the molecule is COC(=O)C1OC1(c1cccc(OC)c1)c1cccc(OC)c1. The normalized spacial score (nSPS) is 18.1. The van der Waals surface area contributed by atoms with Gasteiger partial charge in [-0.15, -0.1) is 0 Å². The lowest BCUT2D eigenvalue weighted by Gasteiger charge is -2.16. The number of benzene rings is 2. The molecule has 1 aliphatic heterocycles. The molecule has 23 heavy (non-hydrogen) atoms. The summed E-state index contributed by atoms with van der Waals surface area (Å²) < 4.78 is 21.3. The number of hydrogen-bond acceptors (Lipinski definition) is 5. The molecule has 0 N–H and O–H groups in total. The van der Waals surface area contributed by atoms with E-state index in [9.17, 15) is 4.79 Å². The van der Waals surface area contributed by atoms with Crippen LogP contribution in [0.3, 0.4) is 0 Å². The monoisotopic (exact) mass is 314 g/mol. The fraction of sp³-hybridized carbons (Fsp3) is 0.278. The number of methoxy groups -OCH3 is 3. The number of rotatable bonds is 5. The lowest BCUT2D eigenvalue weighted by Crippen LogP contribution is -2.21. The molecular formula is C18H18O5. The van der Waals surface area contributed by atoms with Crippen LogP contribution in [0.25, 0.3) is 0 Å². The van der Waals surface area contributed by atoms with Crippen molar-refractivity contribution in [3.63, 3.8) is 0 Å². The molecule has 1 aliphatic rings. The Hall–Kier alpha value is -2.53. The highest BCUT2D eigenvalue weighted by molar-refractivity contribution is 5.81. The van der Waals surface area contributed by atoms with E-state index in [-0.39, 0.29) is 0 Å². The van der Waals surface area contributed by atoms with Crippen molar-refractivity contribution in [2.45, 2.75) is 11.7 Å². The van der Waals surface area contributed by atoms with Gasteiger partial charge in [0, 0.05) is 0 Å². The van der Waals surface area contributed by atoms with Crippen LogP contribution >= 0.6 is 0 Å². The summed E-state index contributed by atoms with van der Waals surface area (Å²) in [6.45, 7) is 0. The van der Waals surface area contributed by atoms with Crippen LogP contribution in [0.15, 0.2) is 48.5 Å². The molecular weight excluding hydrogens is 296 g/mol. The molecule has 1 atom stereocenters. The number of hydrogen-bond donors (Lipinski definition) is 0. The predicted molar refractivity (Wildman–Crippen MR) is 83.7 cm³/mol. The van der Waals surface area contributed by atoms with Crippen LogP contribution in [-0.2, 0) is 19.9 Å². The quantitative estimate of drug-likeness (QED) is 0.627. The van der Waals surface area contributed by atoms with Crippen LogP contribution in [0.2, 0.25) is 0 Å². The van der Waals surface area contributed by atoms with Crippen LogP contribution in [-0.4, -0.2) is 33.4 Å². The lowest BCUT2D eigenvalue weighted by atomic mass is 9.87. The second-order valence-corrected chi connectivity index (χ2v) is 5.22. The first-order chi connectivity index (χ1) is 11.2. The van der Waals surface area contributed by atoms with Crippen molar-refractivity contribution in [3.05, 3.63) is 59.7 Å². The van der Waals surface area contributed by atoms with Gasteiger partial charge in [0.1, 0.15) is 11.5 Å². The topological polar surface area (TPSA) is 57.3 Å². The zero-order valence-corrected chi connectivity index (χ0v) is 13.2. The number of esters is 1. The van der Waals surface area contributed by atoms with E-state index in [1.54, 1.807) is 14.2 Å². The minimum Gasteiger partial charge on any atom is -0.497 e. The fourth-order valence-electron chi connectivity index (χ4n) is 2.79. The van der Waals surface area contributed by atoms with E-state index < -0.39 is 17.7 Å². The average Bonchev–Trinajstić information content (AvgIpc) is 3.38. The maximum atomic E-state index is 12.0. The summed E-state index contributed by atoms with van der Waals surface area (Å²) in [4.78, 5) is 12.0. The number of carbonyl (C=O) groups is 1. The molecule has 3 rings (SSSR count). The van der Waals surface area contributed by atoms with Crippen molar-refractivity contribution in [2.24, 2.45) is 0 Å². The largest absolute Gasteiger partial charge is 0.497 e. The molecule has 0 aliphatic carbocycles. The van der Waals surface area contributed by atoms with Gasteiger partial charge >= 0.3 is 5.97 Å². The standard InChI is InChI=1S/C18H18O5/c1-20-14-8-4-6-12(10-14)18(16(23-18)17(19)22-3)13-7-5-9-15(11-13)21-2/h4-11,16H,1-3H3. The summed E-state index contributed by atoms with van der Waals surface area (Å²) in [7, 11) is 4.55. The Kier molecular flexibility index (Phi) is 3.96. The second kappa shape index (κ2) is 5.93. The second-order valence-electron chi connectivity index (χ2n) is 5.22. The Labute approximate surface area is 134 Å². The maximum absolute atomic E-state index is 12.0. The highest BCUT2D eigenvalue weighted by Crippen LogP contribution is 2.53. The van der Waals surface area contributed by atoms with Gasteiger partial charge in [0.05, 0.1) is 21.3 Å². The minimum atomic E-state index is -0.879. The summed E-state index contributed by atoms with van der Waals surface area (Å²) in [5.41, 5.74) is 0.789. The third-order valence-corrected chi connectivity index (χ3v) is 4.03. The number of carbonyl (C=O) groups excluding carboxylic acids is 1. The molecule has 0 amide bonds. The Morgan fingerprint density at radius 3 is 1.91 bits per heavy atom. The molecule has 0 spiro atoms. The van der Waals surface area contributed by atoms with Crippen LogP contribution in [0.1, 0.15) is 11.1 Å². The molecule has 120 valence electrons. The van der Waals surface area contributed by atoms with Crippen LogP contribution in [0.5, 0.6) is 11.5 Å². The highest BCUT2D eigenvalue weighted by atomic mass is 16.7. The lowest BCUT2D eigenvalue weighted by molar-refractivity contribution is -0.142. The van der Waals surface area contributed by atoms with Gasteiger partial charge in [0.25, 0.3) is 0 Å². The van der Waals surface area contributed by atoms with Gasteiger partial charge in [-0.2, -0.15) is 0 Å². The Morgan fingerprint density at radius 1 is 0.957 bits per heavy atom. The third kappa shape index (κ3) is 2.53. The minimum absolute atomic E-state index is 0.407. The van der Waals surface area contributed by atoms with E-state index in [0.717, 1.165) is 11.1 Å². The Bertz CT molecular complexity index is 677. The predicted octanol–water partition coefficient (Wildman–Crippen LogP) is 2.52. The highest BCUT2D eigenvalue weighted by Gasteiger charge is 2.64. The zero-order valence-electron chi connectivity index (χ0n) is 13.2. The van der Waals surface area contributed by atoms with Gasteiger partial charge in [0.15, 0.2) is 11.7 Å². The zero-order chi connectivity index (χ0) is 16.4. The first-order valence-electron chi connectivity index (χ1n) is 7.20. The van der Waals surface area contributed by atoms with E-state index >= 15 is 0 Å². The van der Waals surface area contributed by atoms with E-state index in [1.807, 2.05) is 48.5 Å². The van der Waals surface area contributed by atoms with Crippen molar-refractivity contribution in [3.8, 4) is 11.5 Å². The molecule has 5 heteroatoms. The molecule has 1 heterocycles. The Balaban J connectivity index is 2.10. The summed E-state index contributed by atoms with van der Waals surface area (Å²) in [5, 5.41) is 0.